The van der Waals surface area contributed by atoms with Gasteiger partial charge in [0.1, 0.15) is 11.4 Å². The number of fused-ring (bicyclic) bond motifs is 1. The Morgan fingerprint density at radius 3 is 2.55 bits per heavy atom. The molecule has 0 aliphatic carbocycles. The standard InChI is InChI=1S/C19H21N5O4S/c1-11-14-18(28-3)23-13(10-27-2)24-19(14)29-15(11)17(26)22-8-7-21-16(25)12-5-4-6-20-9-12/h4-6,9H,7-8,10H2,1-3H3,(H,21,25)(H,22,26). The van der Waals surface area contributed by atoms with E-state index < -0.39 is 0 Å². The lowest BCUT2D eigenvalue weighted by atomic mass is 10.2. The van der Waals surface area contributed by atoms with Gasteiger partial charge in [0.2, 0.25) is 5.88 Å². The minimum absolute atomic E-state index is 0.239. The number of amides is 2. The molecule has 0 saturated heterocycles. The molecule has 3 rings (SSSR count). The Labute approximate surface area is 171 Å². The lowest BCUT2D eigenvalue weighted by Gasteiger charge is -2.07. The Kier molecular flexibility index (Phi) is 6.68. The van der Waals surface area contributed by atoms with Crippen LogP contribution in [-0.4, -0.2) is 54.1 Å². The van der Waals surface area contributed by atoms with Crippen molar-refractivity contribution in [2.75, 3.05) is 27.3 Å². The van der Waals surface area contributed by atoms with E-state index in [1.54, 1.807) is 25.4 Å². The van der Waals surface area contributed by atoms with Crippen molar-refractivity contribution in [3.63, 3.8) is 0 Å². The van der Waals surface area contributed by atoms with Crippen molar-refractivity contribution in [2.45, 2.75) is 13.5 Å². The van der Waals surface area contributed by atoms with E-state index in [-0.39, 0.29) is 25.0 Å². The molecule has 29 heavy (non-hydrogen) atoms. The monoisotopic (exact) mass is 415 g/mol. The molecule has 9 nitrogen and oxygen atoms in total. The van der Waals surface area contributed by atoms with Crippen LogP contribution in [0.2, 0.25) is 0 Å². The fourth-order valence-electron chi connectivity index (χ4n) is 2.73. The zero-order chi connectivity index (χ0) is 20.8. The summed E-state index contributed by atoms with van der Waals surface area (Å²) >= 11 is 1.27. The van der Waals surface area contributed by atoms with E-state index in [4.69, 9.17) is 9.47 Å². The molecule has 0 radical (unpaired) electrons. The number of carbonyl (C=O) groups excluding carboxylic acids is 2. The molecule has 10 heteroatoms. The fraction of sp³-hybridized carbons (Fsp3) is 0.316. The van der Waals surface area contributed by atoms with Gasteiger partial charge in [0.05, 0.1) is 22.9 Å². The Morgan fingerprint density at radius 2 is 1.90 bits per heavy atom. The quantitative estimate of drug-likeness (QED) is 0.538. The zero-order valence-corrected chi connectivity index (χ0v) is 17.1. The highest BCUT2D eigenvalue weighted by molar-refractivity contribution is 7.20. The Balaban J connectivity index is 1.66. The maximum atomic E-state index is 12.6. The van der Waals surface area contributed by atoms with Crippen molar-refractivity contribution in [2.24, 2.45) is 0 Å². The minimum atomic E-state index is -0.240. The van der Waals surface area contributed by atoms with Gasteiger partial charge in [-0.3, -0.25) is 14.6 Å². The first-order valence-electron chi connectivity index (χ1n) is 8.84. The summed E-state index contributed by atoms with van der Waals surface area (Å²) in [6.07, 6.45) is 3.09. The molecule has 2 amide bonds. The second-order valence-corrected chi connectivity index (χ2v) is 7.07. The van der Waals surface area contributed by atoms with Crippen LogP contribution in [0.15, 0.2) is 24.5 Å². The molecule has 0 atom stereocenters. The lowest BCUT2D eigenvalue weighted by Crippen LogP contribution is -2.34. The van der Waals surface area contributed by atoms with Gasteiger partial charge in [0.25, 0.3) is 11.8 Å². The summed E-state index contributed by atoms with van der Waals surface area (Å²) in [5.41, 5.74) is 1.22. The number of pyridine rings is 1. The largest absolute Gasteiger partial charge is 0.480 e. The molecule has 0 bridgehead atoms. The Bertz CT molecular complexity index is 1020. The number of ether oxygens (including phenoxy) is 2. The van der Waals surface area contributed by atoms with Crippen LogP contribution in [0.1, 0.15) is 31.4 Å². The van der Waals surface area contributed by atoms with Crippen molar-refractivity contribution in [1.29, 1.82) is 0 Å². The smallest absolute Gasteiger partial charge is 0.261 e. The molecule has 3 aromatic heterocycles. The lowest BCUT2D eigenvalue weighted by molar-refractivity contribution is 0.0929. The van der Waals surface area contributed by atoms with Gasteiger partial charge in [-0.05, 0) is 24.6 Å². The molecule has 0 saturated carbocycles. The van der Waals surface area contributed by atoms with Gasteiger partial charge >= 0.3 is 0 Å². The predicted molar refractivity (Wildman–Crippen MR) is 108 cm³/mol. The van der Waals surface area contributed by atoms with Gasteiger partial charge in [-0.25, -0.2) is 4.98 Å². The molecule has 2 N–H and O–H groups in total. The highest BCUT2D eigenvalue weighted by Gasteiger charge is 2.21. The van der Waals surface area contributed by atoms with Gasteiger partial charge < -0.3 is 20.1 Å². The van der Waals surface area contributed by atoms with Crippen molar-refractivity contribution in [1.82, 2.24) is 25.6 Å². The average Bonchev–Trinajstić information content (AvgIpc) is 3.07. The zero-order valence-electron chi connectivity index (χ0n) is 16.3. The Hall–Kier alpha value is -3.11. The summed E-state index contributed by atoms with van der Waals surface area (Å²) in [4.78, 5) is 38.5. The van der Waals surface area contributed by atoms with Gasteiger partial charge in [-0.1, -0.05) is 0 Å². The van der Waals surface area contributed by atoms with E-state index in [0.717, 1.165) is 5.56 Å². The van der Waals surface area contributed by atoms with Crippen molar-refractivity contribution >= 4 is 33.4 Å². The van der Waals surface area contributed by atoms with Crippen LogP contribution in [0, 0.1) is 6.92 Å². The second-order valence-electron chi connectivity index (χ2n) is 6.07. The summed E-state index contributed by atoms with van der Waals surface area (Å²) in [5.74, 6) is 0.425. The van der Waals surface area contributed by atoms with Gasteiger partial charge in [-0.2, -0.15) is 4.98 Å². The number of hydrogen-bond donors (Lipinski definition) is 2. The normalized spacial score (nSPS) is 10.7. The molecule has 0 aliphatic rings. The summed E-state index contributed by atoms with van der Waals surface area (Å²) in [5, 5.41) is 6.27. The molecular formula is C19H21N5O4S. The van der Waals surface area contributed by atoms with Gasteiger partial charge in [-0.15, -0.1) is 11.3 Å². The number of hydrogen-bond acceptors (Lipinski definition) is 8. The molecule has 3 heterocycles. The van der Waals surface area contributed by atoms with Crippen molar-refractivity contribution in [3.05, 3.63) is 46.4 Å². The third kappa shape index (κ3) is 4.66. The summed E-state index contributed by atoms with van der Waals surface area (Å²) in [6, 6.07) is 3.36. The van der Waals surface area contributed by atoms with Crippen LogP contribution in [0.4, 0.5) is 0 Å². The highest BCUT2D eigenvalue weighted by atomic mass is 32.1. The number of aromatic nitrogens is 3. The third-order valence-electron chi connectivity index (χ3n) is 4.10. The van der Waals surface area contributed by atoms with Crippen LogP contribution in [-0.2, 0) is 11.3 Å². The highest BCUT2D eigenvalue weighted by Crippen LogP contribution is 2.34. The first kappa shape index (κ1) is 20.6. The number of aryl methyl sites for hydroxylation is 1. The van der Waals surface area contributed by atoms with E-state index in [1.807, 2.05) is 6.92 Å². The number of nitrogens with zero attached hydrogens (tertiary/aromatic N) is 3. The summed E-state index contributed by atoms with van der Waals surface area (Å²) in [7, 11) is 3.09. The van der Waals surface area contributed by atoms with Gasteiger partial charge in [0.15, 0.2) is 5.82 Å². The van der Waals surface area contributed by atoms with Gasteiger partial charge in [0, 0.05) is 32.6 Å². The summed E-state index contributed by atoms with van der Waals surface area (Å²) < 4.78 is 10.5. The van der Waals surface area contributed by atoms with E-state index in [2.05, 4.69) is 25.6 Å². The minimum Gasteiger partial charge on any atom is -0.480 e. The number of rotatable bonds is 8. The molecule has 0 spiro atoms. The second kappa shape index (κ2) is 9.39. The van der Waals surface area contributed by atoms with E-state index in [9.17, 15) is 9.59 Å². The number of methoxy groups -OCH3 is 2. The maximum Gasteiger partial charge on any atom is 0.261 e. The van der Waals surface area contributed by atoms with Crippen LogP contribution < -0.4 is 15.4 Å². The van der Waals surface area contributed by atoms with E-state index >= 15 is 0 Å². The number of carbonyl (C=O) groups is 2. The van der Waals surface area contributed by atoms with E-state index in [1.165, 1.54) is 24.6 Å². The average molecular weight is 415 g/mol. The molecule has 0 fully saturated rings. The number of thiophene rings is 1. The fourth-order valence-corrected chi connectivity index (χ4v) is 3.84. The molecule has 3 aromatic rings. The maximum absolute atomic E-state index is 12.6. The van der Waals surface area contributed by atoms with Crippen LogP contribution in [0.5, 0.6) is 5.88 Å². The molecule has 152 valence electrons. The first-order chi connectivity index (χ1) is 14.0. The molecule has 0 aromatic carbocycles. The molecular weight excluding hydrogens is 394 g/mol. The van der Waals surface area contributed by atoms with Crippen molar-refractivity contribution < 1.29 is 19.1 Å². The van der Waals surface area contributed by atoms with E-state index in [0.29, 0.717) is 38.9 Å². The van der Waals surface area contributed by atoms with Crippen LogP contribution in [0.25, 0.3) is 10.2 Å². The third-order valence-corrected chi connectivity index (χ3v) is 5.28. The Morgan fingerprint density at radius 1 is 1.14 bits per heavy atom. The van der Waals surface area contributed by atoms with Crippen LogP contribution in [0.3, 0.4) is 0 Å². The first-order valence-corrected chi connectivity index (χ1v) is 9.66. The topological polar surface area (TPSA) is 115 Å². The summed E-state index contributed by atoms with van der Waals surface area (Å²) in [6.45, 7) is 2.67. The SMILES string of the molecule is COCc1nc(OC)c2c(C)c(C(=O)NCCNC(=O)c3cccnc3)sc2n1. The predicted octanol–water partition coefficient (Wildman–Crippen LogP) is 1.71. The van der Waals surface area contributed by atoms with Crippen molar-refractivity contribution in [3.8, 4) is 5.88 Å². The molecule has 0 aliphatic heterocycles. The number of nitrogens with one attached hydrogen (secondary N) is 2. The molecule has 0 unspecified atom stereocenters. The van der Waals surface area contributed by atoms with Crippen LogP contribution >= 0.6 is 11.3 Å².